The summed E-state index contributed by atoms with van der Waals surface area (Å²) in [5.74, 6) is -3.55. The van der Waals surface area contributed by atoms with E-state index in [9.17, 15) is 28.0 Å². The lowest BCUT2D eigenvalue weighted by atomic mass is 9.84. The highest BCUT2D eigenvalue weighted by Gasteiger charge is 2.54. The number of carbonyl (C=O) groups excluding carboxylic acids is 3. The minimum atomic E-state index is -1.39. The van der Waals surface area contributed by atoms with Crippen LogP contribution in [0, 0.1) is 11.6 Å². The van der Waals surface area contributed by atoms with Gasteiger partial charge in [-0.05, 0) is 46.6 Å². The van der Waals surface area contributed by atoms with Crippen LogP contribution in [0.25, 0.3) is 0 Å². The van der Waals surface area contributed by atoms with Crippen LogP contribution in [0.3, 0.4) is 0 Å². The zero-order valence-electron chi connectivity index (χ0n) is 25.0. The fourth-order valence-corrected chi connectivity index (χ4v) is 5.86. The van der Waals surface area contributed by atoms with Crippen LogP contribution in [0.2, 0.25) is 0 Å². The first kappa shape index (κ1) is 31.0. The first-order chi connectivity index (χ1) is 20.8. The zero-order valence-corrected chi connectivity index (χ0v) is 25.0. The number of hydrogen-bond acceptors (Lipinski definition) is 9. The number of nitrogens with zero attached hydrogens (tertiary/aromatic N) is 3. The van der Waals surface area contributed by atoms with Gasteiger partial charge in [-0.1, -0.05) is 11.2 Å². The fourth-order valence-electron chi connectivity index (χ4n) is 5.86. The lowest BCUT2D eigenvalue weighted by Crippen LogP contribution is -2.52. The van der Waals surface area contributed by atoms with Crippen molar-refractivity contribution in [3.8, 4) is 5.75 Å². The van der Waals surface area contributed by atoms with Crippen LogP contribution in [-0.4, -0.2) is 63.7 Å². The third-order valence-corrected chi connectivity index (χ3v) is 8.00. The minimum Gasteiger partial charge on any atom is -0.448 e. The van der Waals surface area contributed by atoms with E-state index in [4.69, 9.17) is 19.0 Å². The molecule has 14 heteroatoms. The van der Waals surface area contributed by atoms with Gasteiger partial charge in [0.05, 0.1) is 17.9 Å². The van der Waals surface area contributed by atoms with Crippen LogP contribution in [0.5, 0.6) is 5.75 Å². The second kappa shape index (κ2) is 11.9. The highest BCUT2D eigenvalue weighted by molar-refractivity contribution is 5.99. The van der Waals surface area contributed by atoms with Crippen molar-refractivity contribution in [2.75, 3.05) is 6.54 Å². The van der Waals surface area contributed by atoms with Crippen LogP contribution >= 0.6 is 0 Å². The number of pyridine rings is 1. The number of benzene rings is 1. The predicted molar refractivity (Wildman–Crippen MR) is 153 cm³/mol. The summed E-state index contributed by atoms with van der Waals surface area (Å²) in [5, 5.41) is 6.68. The molecule has 0 unspecified atom stereocenters. The van der Waals surface area contributed by atoms with Gasteiger partial charge < -0.3 is 33.8 Å². The average molecular weight is 619 g/mol. The van der Waals surface area contributed by atoms with Crippen molar-refractivity contribution in [2.24, 2.45) is 5.16 Å². The molecule has 1 N–H and O–H groups in total. The Balaban J connectivity index is 0.00000461. The van der Waals surface area contributed by atoms with Crippen LogP contribution in [0.1, 0.15) is 87.8 Å². The van der Waals surface area contributed by atoms with Gasteiger partial charge in [0.2, 0.25) is 17.5 Å². The van der Waals surface area contributed by atoms with Gasteiger partial charge in [0.15, 0.2) is 11.3 Å². The third-order valence-electron chi connectivity index (χ3n) is 8.00. The third kappa shape index (κ3) is 5.84. The van der Waals surface area contributed by atoms with Crippen molar-refractivity contribution in [2.45, 2.75) is 90.5 Å². The summed E-state index contributed by atoms with van der Waals surface area (Å²) in [5.41, 5.74) is -1.62. The Labute approximate surface area is 253 Å². The molecule has 2 amide bonds. The molecule has 4 heterocycles. The number of hydrogen-bond donors (Lipinski definition) is 1. The van der Waals surface area contributed by atoms with Gasteiger partial charge in [-0.2, -0.15) is 0 Å². The second-order valence-corrected chi connectivity index (χ2v) is 11.6. The Hall–Kier alpha value is -4.49. The van der Waals surface area contributed by atoms with Crippen LogP contribution < -0.4 is 15.5 Å². The van der Waals surface area contributed by atoms with Crippen LogP contribution in [0.4, 0.5) is 13.6 Å². The molecule has 0 radical (unpaired) electrons. The molecule has 12 nitrogen and oxygen atoms in total. The molecular weight excluding hydrogens is 582 g/mol. The van der Waals surface area contributed by atoms with Crippen molar-refractivity contribution in [3.63, 3.8) is 0 Å². The average Bonchev–Trinajstić information content (AvgIpc) is 3.27. The Morgan fingerprint density at radius 2 is 1.98 bits per heavy atom. The largest absolute Gasteiger partial charge is 0.511 e. The molecule has 0 aliphatic carbocycles. The summed E-state index contributed by atoms with van der Waals surface area (Å²) >= 11 is 0. The lowest BCUT2D eigenvalue weighted by molar-refractivity contribution is -0.0688. The quantitative estimate of drug-likeness (QED) is 0.358. The molecule has 2 bridgehead atoms. The Bertz CT molecular complexity index is 1600. The van der Waals surface area contributed by atoms with Gasteiger partial charge in [0.1, 0.15) is 17.2 Å². The molecule has 1 spiro atoms. The maximum Gasteiger partial charge on any atom is 0.511 e. The molecule has 1 fully saturated rings. The van der Waals surface area contributed by atoms with Crippen molar-refractivity contribution in [1.82, 2.24) is 14.8 Å². The molecule has 3 aliphatic rings. The zero-order chi connectivity index (χ0) is 31.9. The molecule has 238 valence electrons. The van der Waals surface area contributed by atoms with E-state index in [0.29, 0.717) is 25.3 Å². The smallest absolute Gasteiger partial charge is 0.448 e. The molecular formula is C30H36F2N4O8. The molecule has 44 heavy (non-hydrogen) atoms. The van der Waals surface area contributed by atoms with Gasteiger partial charge >= 0.3 is 6.16 Å². The monoisotopic (exact) mass is 618 g/mol. The first-order valence-corrected chi connectivity index (χ1v) is 14.4. The highest BCUT2D eigenvalue weighted by Crippen LogP contribution is 2.46. The summed E-state index contributed by atoms with van der Waals surface area (Å²) < 4.78 is 45.1. The van der Waals surface area contributed by atoms with E-state index in [1.807, 2.05) is 13.8 Å². The molecule has 1 aromatic carbocycles. The highest BCUT2D eigenvalue weighted by atomic mass is 19.1. The van der Waals surface area contributed by atoms with E-state index in [-0.39, 0.29) is 31.8 Å². The van der Waals surface area contributed by atoms with Crippen molar-refractivity contribution in [1.29, 1.82) is 0 Å². The maximum atomic E-state index is 14.3. The van der Waals surface area contributed by atoms with Crippen molar-refractivity contribution >= 4 is 23.7 Å². The number of nitrogens with one attached hydrogen (secondary N) is 1. The molecule has 0 saturated carbocycles. The van der Waals surface area contributed by atoms with Gasteiger partial charge in [-0.25, -0.2) is 13.6 Å². The first-order valence-electron chi connectivity index (χ1n) is 14.4. The normalized spacial score (nSPS) is 23.0. The van der Waals surface area contributed by atoms with E-state index < -0.39 is 70.4 Å². The van der Waals surface area contributed by atoms with Gasteiger partial charge in [-0.3, -0.25) is 14.4 Å². The molecule has 2 aromatic rings. The van der Waals surface area contributed by atoms with Crippen LogP contribution in [-0.2, 0) is 20.9 Å². The lowest BCUT2D eigenvalue weighted by Gasteiger charge is -2.42. The summed E-state index contributed by atoms with van der Waals surface area (Å²) in [6, 6.07) is 2.12. The van der Waals surface area contributed by atoms with Crippen molar-refractivity contribution in [3.05, 3.63) is 63.1 Å². The summed E-state index contributed by atoms with van der Waals surface area (Å²) in [7, 11) is 0. The van der Waals surface area contributed by atoms with Crippen molar-refractivity contribution < 1.29 is 43.6 Å². The number of halogens is 2. The van der Waals surface area contributed by atoms with Gasteiger partial charge in [-0.15, -0.1) is 0 Å². The second-order valence-electron chi connectivity index (χ2n) is 11.6. The number of rotatable bonds is 7. The number of aromatic nitrogens is 1. The topological polar surface area (TPSA) is 138 Å². The Kier molecular flexibility index (Phi) is 8.36. The summed E-state index contributed by atoms with van der Waals surface area (Å²) in [6.45, 7) is 8.18. The van der Waals surface area contributed by atoms with E-state index in [1.165, 1.54) is 23.8 Å². The van der Waals surface area contributed by atoms with E-state index in [1.54, 1.807) is 18.7 Å². The van der Waals surface area contributed by atoms with Gasteiger partial charge in [0.25, 0.3) is 11.8 Å². The Morgan fingerprint density at radius 1 is 1.23 bits per heavy atom. The van der Waals surface area contributed by atoms with E-state index >= 15 is 0 Å². The van der Waals surface area contributed by atoms with E-state index in [0.717, 1.165) is 11.8 Å². The van der Waals surface area contributed by atoms with Gasteiger partial charge in [0, 0.05) is 51.7 Å². The molecule has 3 aliphatic heterocycles. The number of fused-ring (bicyclic) bond motifs is 5. The van der Waals surface area contributed by atoms with E-state index in [2.05, 4.69) is 10.5 Å². The maximum absolute atomic E-state index is 14.3. The summed E-state index contributed by atoms with van der Waals surface area (Å²) in [6.07, 6.45) is -0.0716. The number of oxime groups is 1. The number of carbonyl (C=O) groups is 3. The molecule has 5 rings (SSSR count). The Morgan fingerprint density at radius 3 is 2.64 bits per heavy atom. The van der Waals surface area contributed by atoms with Crippen LogP contribution in [0.15, 0.2) is 34.3 Å². The fraction of sp³-hybridized carbons (Fsp3) is 0.500. The molecule has 4 atom stereocenters. The summed E-state index contributed by atoms with van der Waals surface area (Å²) in [4.78, 5) is 61.1. The standard InChI is InChI=1S/C30H34F2N4O8.H2/c1-15(2)41-29(40)43-18(5)42-26-24-28(39)35-14-23(30(9-8-17(35)4)11-16(3)34-44-30)36(24)13-21(25(26)37)27(38)33-12-19-6-7-20(31)10-22(19)32;/h6-7,10,13,15,17-18,23H,8-9,11-12,14H2,1-5H3,(H,33,38);1H/t17-,18-,23+,30-;/m0./s1. The number of ether oxygens (including phenoxy) is 3. The molecule has 1 saturated heterocycles. The molecule has 1 aromatic heterocycles. The minimum absolute atomic E-state index is 0. The predicted octanol–water partition coefficient (Wildman–Crippen LogP) is 4.30. The number of amides is 2. The SMILES string of the molecule is CC1=NO[C@@]2(CC[C@H](C)N3C[C@H]2n2cc(C(=O)NCc4ccc(F)cc4F)c(=O)c(O[C@H](C)OC(=O)OC(C)C)c2C3=O)C1.[HH].